The molecule has 1 atom stereocenters. The summed E-state index contributed by atoms with van der Waals surface area (Å²) in [6, 6.07) is 6.53. The van der Waals surface area contributed by atoms with Crippen molar-refractivity contribution < 1.29 is 9.59 Å². The maximum Gasteiger partial charge on any atom is 0.251 e. The monoisotopic (exact) mass is 326 g/mol. The first-order valence-corrected chi connectivity index (χ1v) is 9.40. The summed E-state index contributed by atoms with van der Waals surface area (Å²) in [5.74, 6) is 0.534. The van der Waals surface area contributed by atoms with Crippen molar-refractivity contribution in [2.45, 2.75) is 57.4 Å². The number of hydrogen-bond acceptors (Lipinski definition) is 2. The van der Waals surface area contributed by atoms with Gasteiger partial charge in [-0.3, -0.25) is 9.59 Å². The third kappa shape index (κ3) is 3.06. The summed E-state index contributed by atoms with van der Waals surface area (Å²) in [4.78, 5) is 26.7. The standard InChI is InChI=1S/C20H26N2O2/c23-19-10-14(13-22(19)18-6-1-2-7-18)12-21-20(24)17-9-8-15-4-3-5-16(15)11-17/h8-9,11,14,18H,1-7,10,12-13H2,(H,21,24). The first-order chi connectivity index (χ1) is 11.7. The Morgan fingerprint density at radius 2 is 1.92 bits per heavy atom. The predicted molar refractivity (Wildman–Crippen MR) is 92.9 cm³/mol. The molecule has 2 amide bonds. The maximum atomic E-state index is 12.4. The summed E-state index contributed by atoms with van der Waals surface area (Å²) in [6.07, 6.45) is 8.80. The van der Waals surface area contributed by atoms with Crippen LogP contribution in [-0.2, 0) is 17.6 Å². The molecule has 1 saturated carbocycles. The first kappa shape index (κ1) is 15.7. The van der Waals surface area contributed by atoms with Crippen molar-refractivity contribution in [2.24, 2.45) is 5.92 Å². The molecule has 0 spiro atoms. The second kappa shape index (κ2) is 6.58. The van der Waals surface area contributed by atoms with E-state index in [-0.39, 0.29) is 17.7 Å². The third-order valence-corrected chi connectivity index (χ3v) is 5.92. The molecule has 0 aromatic heterocycles. The highest BCUT2D eigenvalue weighted by Crippen LogP contribution is 2.29. The van der Waals surface area contributed by atoms with E-state index in [1.54, 1.807) is 0 Å². The molecule has 2 fully saturated rings. The van der Waals surface area contributed by atoms with Gasteiger partial charge < -0.3 is 10.2 Å². The van der Waals surface area contributed by atoms with E-state index in [0.29, 0.717) is 19.0 Å². The zero-order valence-electron chi connectivity index (χ0n) is 14.2. The second-order valence-electron chi connectivity index (χ2n) is 7.60. The molecule has 1 unspecified atom stereocenters. The minimum atomic E-state index is -0.00327. The molecule has 3 aliphatic rings. The molecular weight excluding hydrogens is 300 g/mol. The van der Waals surface area contributed by atoms with Gasteiger partial charge in [-0.25, -0.2) is 0 Å². The van der Waals surface area contributed by atoms with Crippen LogP contribution in [0.25, 0.3) is 0 Å². The number of amides is 2. The molecule has 1 heterocycles. The van der Waals surface area contributed by atoms with Gasteiger partial charge in [-0.05, 0) is 55.4 Å². The number of hydrogen-bond donors (Lipinski definition) is 1. The van der Waals surface area contributed by atoms with Crippen LogP contribution in [-0.4, -0.2) is 35.8 Å². The van der Waals surface area contributed by atoms with Crippen molar-refractivity contribution in [3.63, 3.8) is 0 Å². The fourth-order valence-corrected chi connectivity index (χ4v) is 4.57. The van der Waals surface area contributed by atoms with Crippen LogP contribution >= 0.6 is 0 Å². The lowest BCUT2D eigenvalue weighted by Crippen LogP contribution is -2.36. The fourth-order valence-electron chi connectivity index (χ4n) is 4.57. The highest BCUT2D eigenvalue weighted by molar-refractivity contribution is 5.94. The lowest BCUT2D eigenvalue weighted by atomic mass is 10.1. The van der Waals surface area contributed by atoms with Gasteiger partial charge in [0, 0.05) is 37.0 Å². The summed E-state index contributed by atoms with van der Waals surface area (Å²) in [6.45, 7) is 1.42. The molecule has 4 heteroatoms. The Hall–Kier alpha value is -1.84. The van der Waals surface area contributed by atoms with Gasteiger partial charge in [-0.15, -0.1) is 0 Å². The number of rotatable bonds is 4. The van der Waals surface area contributed by atoms with Crippen molar-refractivity contribution >= 4 is 11.8 Å². The van der Waals surface area contributed by atoms with Crippen molar-refractivity contribution in [2.75, 3.05) is 13.1 Å². The molecule has 0 bridgehead atoms. The minimum absolute atomic E-state index is 0.00327. The van der Waals surface area contributed by atoms with Gasteiger partial charge >= 0.3 is 0 Å². The molecule has 1 N–H and O–H groups in total. The Morgan fingerprint density at radius 1 is 1.12 bits per heavy atom. The number of carbonyl (C=O) groups is 2. The summed E-state index contributed by atoms with van der Waals surface area (Å²) in [5, 5.41) is 3.05. The van der Waals surface area contributed by atoms with E-state index in [0.717, 1.165) is 37.8 Å². The highest BCUT2D eigenvalue weighted by atomic mass is 16.2. The van der Waals surface area contributed by atoms with Crippen LogP contribution in [0.2, 0.25) is 0 Å². The smallest absolute Gasteiger partial charge is 0.251 e. The lowest BCUT2D eigenvalue weighted by Gasteiger charge is -2.24. The number of fused-ring (bicyclic) bond motifs is 1. The zero-order chi connectivity index (χ0) is 16.5. The summed E-state index contributed by atoms with van der Waals surface area (Å²) in [5.41, 5.74) is 3.47. The van der Waals surface area contributed by atoms with Gasteiger partial charge in [0.2, 0.25) is 5.91 Å². The SMILES string of the molecule is O=C(NCC1CC(=O)N(C2CCCC2)C1)c1ccc2c(c1)CCC2. The Kier molecular flexibility index (Phi) is 4.30. The number of nitrogens with zero attached hydrogens (tertiary/aromatic N) is 1. The summed E-state index contributed by atoms with van der Waals surface area (Å²) >= 11 is 0. The normalized spacial score (nSPS) is 23.8. The van der Waals surface area contributed by atoms with Gasteiger partial charge in [-0.2, -0.15) is 0 Å². The Bertz CT molecular complexity index is 649. The molecule has 1 aromatic carbocycles. The molecule has 24 heavy (non-hydrogen) atoms. The largest absolute Gasteiger partial charge is 0.352 e. The van der Waals surface area contributed by atoms with E-state index in [9.17, 15) is 9.59 Å². The molecular formula is C20H26N2O2. The van der Waals surface area contributed by atoms with E-state index in [1.165, 1.54) is 30.4 Å². The Labute approximate surface area is 143 Å². The number of likely N-dealkylation sites (tertiary alicyclic amines) is 1. The van der Waals surface area contributed by atoms with E-state index in [1.807, 2.05) is 12.1 Å². The number of carbonyl (C=O) groups excluding carboxylic acids is 2. The topological polar surface area (TPSA) is 49.4 Å². The average Bonchev–Trinajstić information content (AvgIpc) is 3.32. The number of benzene rings is 1. The highest BCUT2D eigenvalue weighted by Gasteiger charge is 2.35. The van der Waals surface area contributed by atoms with Gasteiger partial charge in [0.15, 0.2) is 0 Å². The summed E-state index contributed by atoms with van der Waals surface area (Å²) < 4.78 is 0. The molecule has 4 nitrogen and oxygen atoms in total. The Morgan fingerprint density at radius 3 is 2.75 bits per heavy atom. The van der Waals surface area contributed by atoms with Crippen LogP contribution in [0.5, 0.6) is 0 Å². The van der Waals surface area contributed by atoms with Crippen molar-refractivity contribution in [1.82, 2.24) is 10.2 Å². The second-order valence-corrected chi connectivity index (χ2v) is 7.60. The molecule has 128 valence electrons. The third-order valence-electron chi connectivity index (χ3n) is 5.92. The van der Waals surface area contributed by atoms with Crippen LogP contribution in [0.3, 0.4) is 0 Å². The molecule has 1 saturated heterocycles. The van der Waals surface area contributed by atoms with E-state index in [4.69, 9.17) is 0 Å². The van der Waals surface area contributed by atoms with Crippen LogP contribution in [0, 0.1) is 5.92 Å². The van der Waals surface area contributed by atoms with Crippen LogP contribution in [0.4, 0.5) is 0 Å². The van der Waals surface area contributed by atoms with Gasteiger partial charge in [-0.1, -0.05) is 18.9 Å². The molecule has 0 radical (unpaired) electrons. The van der Waals surface area contributed by atoms with Gasteiger partial charge in [0.05, 0.1) is 0 Å². The summed E-state index contributed by atoms with van der Waals surface area (Å²) in [7, 11) is 0. The maximum absolute atomic E-state index is 12.4. The molecule has 4 rings (SSSR count). The number of nitrogens with one attached hydrogen (secondary N) is 1. The molecule has 1 aromatic rings. The minimum Gasteiger partial charge on any atom is -0.352 e. The Balaban J connectivity index is 1.32. The van der Waals surface area contributed by atoms with E-state index >= 15 is 0 Å². The quantitative estimate of drug-likeness (QED) is 0.925. The van der Waals surface area contributed by atoms with Gasteiger partial charge in [0.25, 0.3) is 5.91 Å². The van der Waals surface area contributed by atoms with Gasteiger partial charge in [0.1, 0.15) is 0 Å². The van der Waals surface area contributed by atoms with Crippen LogP contribution < -0.4 is 5.32 Å². The van der Waals surface area contributed by atoms with Crippen LogP contribution in [0.1, 0.15) is 60.0 Å². The molecule has 1 aliphatic heterocycles. The van der Waals surface area contributed by atoms with Crippen molar-refractivity contribution in [1.29, 1.82) is 0 Å². The first-order valence-electron chi connectivity index (χ1n) is 9.40. The molecule has 2 aliphatic carbocycles. The fraction of sp³-hybridized carbons (Fsp3) is 0.600. The predicted octanol–water partition coefficient (Wildman–Crippen LogP) is 2.70. The average molecular weight is 326 g/mol. The zero-order valence-corrected chi connectivity index (χ0v) is 14.2. The number of aryl methyl sites for hydroxylation is 2. The van der Waals surface area contributed by atoms with Crippen LogP contribution in [0.15, 0.2) is 18.2 Å². The van der Waals surface area contributed by atoms with E-state index in [2.05, 4.69) is 16.3 Å². The van der Waals surface area contributed by atoms with E-state index < -0.39 is 0 Å². The van der Waals surface area contributed by atoms with Crippen molar-refractivity contribution in [3.05, 3.63) is 34.9 Å². The van der Waals surface area contributed by atoms with Crippen molar-refractivity contribution in [3.8, 4) is 0 Å². The lowest BCUT2D eigenvalue weighted by molar-refractivity contribution is -0.129.